The van der Waals surface area contributed by atoms with Gasteiger partial charge in [-0.2, -0.15) is 4.99 Å². The van der Waals surface area contributed by atoms with Gasteiger partial charge in [0, 0.05) is 19.3 Å². The molecule has 1 aromatic rings. The Morgan fingerprint density at radius 2 is 1.96 bits per heavy atom. The SMILES string of the molecule is C=CCCC(=O)CC[C@@H]([NH+]=C(O)OCc1ccccc1)C(=O)OCC. The number of aliphatic hydroxyl groups excluding tert-OH is 1. The summed E-state index contributed by atoms with van der Waals surface area (Å²) in [5.74, 6) is -0.505. The Bertz CT molecular complexity index is 583. The van der Waals surface area contributed by atoms with Crippen LogP contribution in [0.4, 0.5) is 0 Å². The number of esters is 1. The van der Waals surface area contributed by atoms with E-state index in [2.05, 4.69) is 11.6 Å². The molecule has 0 radical (unpaired) electrons. The molecule has 6 nitrogen and oxygen atoms in total. The maximum atomic E-state index is 12.0. The highest BCUT2D eigenvalue weighted by Crippen LogP contribution is 2.03. The van der Waals surface area contributed by atoms with Gasteiger partial charge in [-0.15, -0.1) is 6.58 Å². The second-order valence-electron chi connectivity index (χ2n) is 5.43. The van der Waals surface area contributed by atoms with Crippen molar-refractivity contribution in [3.8, 4) is 0 Å². The average Bonchev–Trinajstić information content (AvgIpc) is 2.62. The number of hydrogen-bond donors (Lipinski definition) is 2. The molecule has 0 aliphatic carbocycles. The average molecular weight is 348 g/mol. The lowest BCUT2D eigenvalue weighted by molar-refractivity contribution is -0.511. The van der Waals surface area contributed by atoms with Crippen LogP contribution in [-0.2, 0) is 25.7 Å². The maximum absolute atomic E-state index is 12.0. The predicted molar refractivity (Wildman–Crippen MR) is 93.9 cm³/mol. The summed E-state index contributed by atoms with van der Waals surface area (Å²) in [6.45, 7) is 5.64. The first kappa shape index (κ1) is 20.4. The van der Waals surface area contributed by atoms with Crippen LogP contribution in [0.15, 0.2) is 43.0 Å². The van der Waals surface area contributed by atoms with Crippen LogP contribution in [0, 0.1) is 0 Å². The van der Waals surface area contributed by atoms with Crippen LogP contribution in [0.1, 0.15) is 38.2 Å². The van der Waals surface area contributed by atoms with Gasteiger partial charge in [0.15, 0.2) is 0 Å². The van der Waals surface area contributed by atoms with E-state index >= 15 is 0 Å². The molecule has 0 aromatic heterocycles. The van der Waals surface area contributed by atoms with Crippen LogP contribution in [-0.4, -0.2) is 35.6 Å². The third kappa shape index (κ3) is 8.69. The zero-order chi connectivity index (χ0) is 18.5. The summed E-state index contributed by atoms with van der Waals surface area (Å²) in [5, 5.41) is 9.88. The number of allylic oxidation sites excluding steroid dienone is 1. The molecule has 0 saturated heterocycles. The fraction of sp³-hybridized carbons (Fsp3) is 0.421. The van der Waals surface area contributed by atoms with Crippen molar-refractivity contribution < 1.29 is 29.2 Å². The van der Waals surface area contributed by atoms with Crippen molar-refractivity contribution >= 4 is 17.8 Å². The Kier molecular flexibility index (Phi) is 9.67. The Balaban J connectivity index is 2.62. The molecular formula is C19H26NO5+. The van der Waals surface area contributed by atoms with Gasteiger partial charge in [-0.05, 0) is 18.9 Å². The summed E-state index contributed by atoms with van der Waals surface area (Å²) in [6.07, 6.45) is 2.62. The lowest BCUT2D eigenvalue weighted by Crippen LogP contribution is -2.82. The molecule has 2 N–H and O–H groups in total. The van der Waals surface area contributed by atoms with E-state index in [0.717, 1.165) is 5.56 Å². The molecule has 0 spiro atoms. The largest absolute Gasteiger partial charge is 0.546 e. The van der Waals surface area contributed by atoms with E-state index in [-0.39, 0.29) is 31.8 Å². The molecule has 136 valence electrons. The van der Waals surface area contributed by atoms with Crippen molar-refractivity contribution in [2.75, 3.05) is 6.61 Å². The zero-order valence-electron chi connectivity index (χ0n) is 14.6. The van der Waals surface area contributed by atoms with Crippen molar-refractivity contribution in [3.05, 3.63) is 48.6 Å². The van der Waals surface area contributed by atoms with E-state index < -0.39 is 18.1 Å². The van der Waals surface area contributed by atoms with E-state index in [4.69, 9.17) is 9.47 Å². The second-order valence-corrected chi connectivity index (χ2v) is 5.43. The number of carbonyl (C=O) groups excluding carboxylic acids is 2. The first-order chi connectivity index (χ1) is 12.1. The predicted octanol–water partition coefficient (Wildman–Crippen LogP) is 1.44. The summed E-state index contributed by atoms with van der Waals surface area (Å²) in [5.41, 5.74) is 0.878. The van der Waals surface area contributed by atoms with Gasteiger partial charge in [0.2, 0.25) is 0 Å². The fourth-order valence-corrected chi connectivity index (χ4v) is 2.10. The van der Waals surface area contributed by atoms with Gasteiger partial charge in [-0.3, -0.25) is 4.79 Å². The van der Waals surface area contributed by atoms with Crippen molar-refractivity contribution in [3.63, 3.8) is 0 Å². The van der Waals surface area contributed by atoms with Crippen LogP contribution >= 0.6 is 0 Å². The topological polar surface area (TPSA) is 86.8 Å². The lowest BCUT2D eigenvalue weighted by Gasteiger charge is -2.07. The number of Topliss-reactive ketones (excluding diaryl/α,β-unsaturated/α-hetero) is 1. The molecule has 1 aromatic carbocycles. The summed E-state index contributed by atoms with van der Waals surface area (Å²) in [4.78, 5) is 26.3. The summed E-state index contributed by atoms with van der Waals surface area (Å²) in [6, 6.07) is 8.47. The number of aliphatic hydroxyl groups is 1. The number of rotatable bonds is 11. The highest BCUT2D eigenvalue weighted by Gasteiger charge is 2.27. The van der Waals surface area contributed by atoms with Crippen molar-refractivity contribution in [1.29, 1.82) is 0 Å². The Morgan fingerprint density at radius 1 is 1.24 bits per heavy atom. The minimum Gasteiger partial charge on any atom is -0.461 e. The first-order valence-corrected chi connectivity index (χ1v) is 8.35. The van der Waals surface area contributed by atoms with Gasteiger partial charge in [0.05, 0.1) is 6.61 Å². The fourth-order valence-electron chi connectivity index (χ4n) is 2.10. The number of carbonyl (C=O) groups is 2. The van der Waals surface area contributed by atoms with Gasteiger partial charge in [-0.1, -0.05) is 36.4 Å². The zero-order valence-corrected chi connectivity index (χ0v) is 14.6. The smallest absolute Gasteiger partial charge is 0.461 e. The Morgan fingerprint density at radius 3 is 2.60 bits per heavy atom. The Hall–Kier alpha value is -2.63. The molecule has 0 aliphatic rings. The normalized spacial score (nSPS) is 12.3. The van der Waals surface area contributed by atoms with Gasteiger partial charge < -0.3 is 14.6 Å². The van der Waals surface area contributed by atoms with E-state index in [1.165, 1.54) is 0 Å². The molecule has 0 fully saturated rings. The van der Waals surface area contributed by atoms with Crippen LogP contribution in [0.25, 0.3) is 0 Å². The minimum atomic E-state index is -0.844. The summed E-state index contributed by atoms with van der Waals surface area (Å²) >= 11 is 0. The van der Waals surface area contributed by atoms with Gasteiger partial charge in [0.25, 0.3) is 6.04 Å². The third-order valence-corrected chi connectivity index (χ3v) is 3.43. The summed E-state index contributed by atoms with van der Waals surface area (Å²) in [7, 11) is 0. The third-order valence-electron chi connectivity index (χ3n) is 3.43. The minimum absolute atomic E-state index is 0.0284. The number of hydrogen-bond acceptors (Lipinski definition) is 4. The standard InChI is InChI=1S/C19H25NO5/c1-3-5-11-16(21)12-13-17(18(22)24-4-2)20-19(23)25-14-15-9-7-6-8-10-15/h3,6-10,17H,1,4-5,11-14H2,2H3,(H,20,23)/p+1/t17-/m1/s1. The van der Waals surface area contributed by atoms with Crippen molar-refractivity contribution in [2.24, 2.45) is 0 Å². The summed E-state index contributed by atoms with van der Waals surface area (Å²) < 4.78 is 10.2. The van der Waals surface area contributed by atoms with Gasteiger partial charge >= 0.3 is 12.1 Å². The van der Waals surface area contributed by atoms with Crippen LogP contribution in [0.5, 0.6) is 0 Å². The number of nitrogens with one attached hydrogen (secondary N) is 1. The molecule has 0 saturated carbocycles. The quantitative estimate of drug-likeness (QED) is 0.273. The number of ether oxygens (including phenoxy) is 2. The maximum Gasteiger partial charge on any atom is 0.546 e. The molecule has 0 unspecified atom stereocenters. The first-order valence-electron chi connectivity index (χ1n) is 8.35. The molecular weight excluding hydrogens is 322 g/mol. The van der Waals surface area contributed by atoms with Crippen molar-refractivity contribution in [2.45, 2.75) is 45.3 Å². The van der Waals surface area contributed by atoms with E-state index in [1.54, 1.807) is 13.0 Å². The van der Waals surface area contributed by atoms with Crippen LogP contribution in [0.2, 0.25) is 0 Å². The second kappa shape index (κ2) is 11.8. The van der Waals surface area contributed by atoms with E-state index in [0.29, 0.717) is 12.8 Å². The van der Waals surface area contributed by atoms with Crippen LogP contribution < -0.4 is 4.99 Å². The Labute approximate surface area is 148 Å². The molecule has 0 heterocycles. The highest BCUT2D eigenvalue weighted by atomic mass is 16.6. The lowest BCUT2D eigenvalue weighted by atomic mass is 10.1. The molecule has 6 heteroatoms. The number of ketones is 1. The van der Waals surface area contributed by atoms with Gasteiger partial charge in [-0.25, -0.2) is 4.79 Å². The number of benzene rings is 1. The molecule has 0 aliphatic heterocycles. The van der Waals surface area contributed by atoms with Crippen LogP contribution in [0.3, 0.4) is 0 Å². The molecule has 0 amide bonds. The van der Waals surface area contributed by atoms with E-state index in [1.807, 2.05) is 30.3 Å². The molecule has 1 rings (SSSR count). The molecule has 1 atom stereocenters. The monoisotopic (exact) mass is 348 g/mol. The molecule has 0 bridgehead atoms. The highest BCUT2D eigenvalue weighted by molar-refractivity contribution is 5.80. The molecule has 25 heavy (non-hydrogen) atoms. The van der Waals surface area contributed by atoms with Crippen molar-refractivity contribution in [1.82, 2.24) is 0 Å². The van der Waals surface area contributed by atoms with E-state index in [9.17, 15) is 14.7 Å². The van der Waals surface area contributed by atoms with Gasteiger partial charge in [0.1, 0.15) is 12.4 Å².